The first-order valence-electron chi connectivity index (χ1n) is 5.11. The van der Waals surface area contributed by atoms with Gasteiger partial charge in [-0.3, -0.25) is 0 Å². The Morgan fingerprint density at radius 1 is 1.00 bits per heavy atom. The molecular weight excluding hydrogens is 203 g/mol. The van der Waals surface area contributed by atoms with Crippen LogP contribution in [0.5, 0.6) is 5.75 Å². The zero-order valence-electron chi connectivity index (χ0n) is 9.33. The van der Waals surface area contributed by atoms with Gasteiger partial charge < -0.3 is 4.74 Å². The summed E-state index contributed by atoms with van der Waals surface area (Å²) in [5.74, 6) is 0.623. The number of benzene rings is 2. The summed E-state index contributed by atoms with van der Waals surface area (Å²) in [5, 5.41) is 0. The van der Waals surface area contributed by atoms with Crippen molar-refractivity contribution in [3.8, 4) is 16.9 Å². The van der Waals surface area contributed by atoms with Gasteiger partial charge in [-0.25, -0.2) is 4.39 Å². The lowest BCUT2D eigenvalue weighted by Crippen LogP contribution is -1.87. The smallest absolute Gasteiger partial charge is 0.123 e. The van der Waals surface area contributed by atoms with Crippen LogP contribution < -0.4 is 4.74 Å². The quantitative estimate of drug-likeness (QED) is 0.741. The topological polar surface area (TPSA) is 9.23 Å². The van der Waals surface area contributed by atoms with Crippen LogP contribution in [-0.4, -0.2) is 7.11 Å². The number of methoxy groups -OCH3 is 1. The molecule has 0 saturated carbocycles. The van der Waals surface area contributed by atoms with Crippen molar-refractivity contribution in [2.75, 3.05) is 7.11 Å². The molecule has 0 bridgehead atoms. The summed E-state index contributed by atoms with van der Waals surface area (Å²) in [4.78, 5) is 0. The molecule has 0 radical (unpaired) electrons. The van der Waals surface area contributed by atoms with E-state index in [0.29, 0.717) is 0 Å². The van der Waals surface area contributed by atoms with E-state index >= 15 is 0 Å². The summed E-state index contributed by atoms with van der Waals surface area (Å²) in [6.07, 6.45) is 0. The average Bonchev–Trinajstić information content (AvgIpc) is 2.30. The van der Waals surface area contributed by atoms with Crippen LogP contribution in [0, 0.1) is 12.7 Å². The van der Waals surface area contributed by atoms with E-state index in [0.717, 1.165) is 22.4 Å². The van der Waals surface area contributed by atoms with Crippen LogP contribution in [0.15, 0.2) is 42.5 Å². The molecule has 0 amide bonds. The molecule has 0 aliphatic heterocycles. The Balaban J connectivity index is 2.44. The fourth-order valence-electron chi connectivity index (χ4n) is 1.72. The number of hydrogen-bond donors (Lipinski definition) is 0. The van der Waals surface area contributed by atoms with Gasteiger partial charge in [0, 0.05) is 0 Å². The molecule has 1 nitrogen and oxygen atoms in total. The molecule has 2 aromatic rings. The van der Waals surface area contributed by atoms with Gasteiger partial charge in [-0.15, -0.1) is 0 Å². The molecule has 0 aliphatic rings. The van der Waals surface area contributed by atoms with Gasteiger partial charge >= 0.3 is 0 Å². The molecule has 0 aliphatic carbocycles. The van der Waals surface area contributed by atoms with E-state index < -0.39 is 0 Å². The van der Waals surface area contributed by atoms with Crippen molar-refractivity contribution in [3.05, 3.63) is 53.8 Å². The molecule has 0 saturated heterocycles. The van der Waals surface area contributed by atoms with Crippen molar-refractivity contribution in [1.29, 1.82) is 0 Å². The Labute approximate surface area is 94.5 Å². The lowest BCUT2D eigenvalue weighted by atomic mass is 10.0. The lowest BCUT2D eigenvalue weighted by Gasteiger charge is -2.08. The molecule has 0 fully saturated rings. The van der Waals surface area contributed by atoms with Gasteiger partial charge in [0.05, 0.1) is 7.11 Å². The van der Waals surface area contributed by atoms with Crippen LogP contribution in [0.1, 0.15) is 5.56 Å². The number of aryl methyl sites for hydroxylation is 1. The van der Waals surface area contributed by atoms with Crippen molar-refractivity contribution in [1.82, 2.24) is 0 Å². The summed E-state index contributed by atoms with van der Waals surface area (Å²) in [7, 11) is 1.65. The number of halogens is 1. The molecule has 0 spiro atoms. The summed E-state index contributed by atoms with van der Waals surface area (Å²) in [6.45, 7) is 2.02. The maximum Gasteiger partial charge on any atom is 0.123 e. The lowest BCUT2D eigenvalue weighted by molar-refractivity contribution is 0.414. The fourth-order valence-corrected chi connectivity index (χ4v) is 1.72. The van der Waals surface area contributed by atoms with Gasteiger partial charge in [0.1, 0.15) is 11.6 Å². The van der Waals surface area contributed by atoms with E-state index in [4.69, 9.17) is 4.74 Å². The molecule has 2 rings (SSSR count). The van der Waals surface area contributed by atoms with Crippen LogP contribution >= 0.6 is 0 Å². The highest BCUT2D eigenvalue weighted by molar-refractivity contribution is 5.68. The van der Waals surface area contributed by atoms with E-state index in [1.807, 2.05) is 25.1 Å². The Kier molecular flexibility index (Phi) is 2.91. The van der Waals surface area contributed by atoms with E-state index in [-0.39, 0.29) is 5.82 Å². The van der Waals surface area contributed by atoms with Gasteiger partial charge in [-0.1, -0.05) is 18.2 Å². The van der Waals surface area contributed by atoms with Crippen LogP contribution in [0.2, 0.25) is 0 Å². The Hall–Kier alpha value is -1.83. The first-order chi connectivity index (χ1) is 7.70. The highest BCUT2D eigenvalue weighted by Gasteiger charge is 2.03. The SMILES string of the molecule is COc1ccc(-c2ccc(F)cc2)c(C)c1. The summed E-state index contributed by atoms with van der Waals surface area (Å²) < 4.78 is 17.9. The number of ether oxygens (including phenoxy) is 1. The summed E-state index contributed by atoms with van der Waals surface area (Å²) in [6, 6.07) is 12.4. The number of rotatable bonds is 2. The molecule has 0 N–H and O–H groups in total. The van der Waals surface area contributed by atoms with Gasteiger partial charge in [-0.05, 0) is 47.9 Å². The third kappa shape index (κ3) is 2.06. The van der Waals surface area contributed by atoms with Crippen molar-refractivity contribution in [3.63, 3.8) is 0 Å². The maximum atomic E-state index is 12.8. The molecule has 0 atom stereocenters. The van der Waals surface area contributed by atoms with E-state index in [1.165, 1.54) is 12.1 Å². The molecule has 0 aromatic heterocycles. The largest absolute Gasteiger partial charge is 0.497 e. The summed E-state index contributed by atoms with van der Waals surface area (Å²) >= 11 is 0. The standard InChI is InChI=1S/C14H13FO/c1-10-9-13(16-2)7-8-14(10)11-3-5-12(15)6-4-11/h3-9H,1-2H3. The van der Waals surface area contributed by atoms with Crippen LogP contribution in [0.25, 0.3) is 11.1 Å². The Bertz CT molecular complexity index is 489. The van der Waals surface area contributed by atoms with Crippen molar-refractivity contribution >= 4 is 0 Å². The molecule has 0 heterocycles. The predicted molar refractivity (Wildman–Crippen MR) is 63.1 cm³/mol. The second-order valence-corrected chi connectivity index (χ2v) is 3.69. The fraction of sp³-hybridized carbons (Fsp3) is 0.143. The summed E-state index contributed by atoms with van der Waals surface area (Å²) in [5.41, 5.74) is 3.23. The molecule has 2 aromatic carbocycles. The van der Waals surface area contributed by atoms with Crippen molar-refractivity contribution < 1.29 is 9.13 Å². The molecular formula is C14H13FO. The second-order valence-electron chi connectivity index (χ2n) is 3.69. The Morgan fingerprint density at radius 2 is 1.69 bits per heavy atom. The van der Waals surface area contributed by atoms with Crippen LogP contribution in [-0.2, 0) is 0 Å². The zero-order valence-corrected chi connectivity index (χ0v) is 9.33. The zero-order chi connectivity index (χ0) is 11.5. The van der Waals surface area contributed by atoms with Crippen molar-refractivity contribution in [2.45, 2.75) is 6.92 Å². The third-order valence-electron chi connectivity index (χ3n) is 2.59. The minimum atomic E-state index is -0.213. The van der Waals surface area contributed by atoms with E-state index in [1.54, 1.807) is 19.2 Å². The van der Waals surface area contributed by atoms with E-state index in [2.05, 4.69) is 0 Å². The van der Waals surface area contributed by atoms with Crippen molar-refractivity contribution in [2.24, 2.45) is 0 Å². The highest BCUT2D eigenvalue weighted by atomic mass is 19.1. The molecule has 0 unspecified atom stereocenters. The first kappa shape index (κ1) is 10.7. The number of hydrogen-bond acceptors (Lipinski definition) is 1. The molecule has 16 heavy (non-hydrogen) atoms. The normalized spacial score (nSPS) is 10.2. The van der Waals surface area contributed by atoms with Gasteiger partial charge in [0.2, 0.25) is 0 Å². The molecule has 2 heteroatoms. The monoisotopic (exact) mass is 216 g/mol. The van der Waals surface area contributed by atoms with Gasteiger partial charge in [0.15, 0.2) is 0 Å². The predicted octanol–water partition coefficient (Wildman–Crippen LogP) is 3.81. The van der Waals surface area contributed by atoms with Crippen LogP contribution in [0.3, 0.4) is 0 Å². The highest BCUT2D eigenvalue weighted by Crippen LogP contribution is 2.26. The second kappa shape index (κ2) is 4.35. The van der Waals surface area contributed by atoms with Gasteiger partial charge in [-0.2, -0.15) is 0 Å². The van der Waals surface area contributed by atoms with E-state index in [9.17, 15) is 4.39 Å². The molecule has 82 valence electrons. The minimum Gasteiger partial charge on any atom is -0.497 e. The first-order valence-corrected chi connectivity index (χ1v) is 5.11. The minimum absolute atomic E-state index is 0.213. The maximum absolute atomic E-state index is 12.8. The van der Waals surface area contributed by atoms with Crippen LogP contribution in [0.4, 0.5) is 4.39 Å². The third-order valence-corrected chi connectivity index (χ3v) is 2.59. The average molecular weight is 216 g/mol. The van der Waals surface area contributed by atoms with Gasteiger partial charge in [0.25, 0.3) is 0 Å². The Morgan fingerprint density at radius 3 is 2.25 bits per heavy atom.